The van der Waals surface area contributed by atoms with Gasteiger partial charge in [0.2, 0.25) is 0 Å². The zero-order chi connectivity index (χ0) is 18.5. The molecule has 4 aromatic rings. The van der Waals surface area contributed by atoms with Crippen LogP contribution in [-0.2, 0) is 0 Å². The molecular weight excluding hydrogens is 352 g/mol. The molecule has 0 amide bonds. The minimum absolute atomic E-state index is 0.731. The second-order valence-electron chi connectivity index (χ2n) is 6.19. The lowest BCUT2D eigenvalue weighted by atomic mass is 10.2. The minimum Gasteiger partial charge on any atom is -0.356 e. The van der Waals surface area contributed by atoms with Gasteiger partial charge in [-0.2, -0.15) is 0 Å². The maximum atomic E-state index is 6.08. The zero-order valence-corrected chi connectivity index (χ0v) is 15.5. The van der Waals surface area contributed by atoms with Crippen LogP contribution in [-0.4, -0.2) is 0 Å². The molecule has 3 heteroatoms. The Morgan fingerprint density at radius 2 is 0.926 bits per heavy atom. The number of rotatable bonds is 5. The predicted octanol–water partition coefficient (Wildman–Crippen LogP) is 7.55. The predicted molar refractivity (Wildman–Crippen MR) is 116 cm³/mol. The van der Waals surface area contributed by atoms with E-state index in [9.17, 15) is 0 Å². The fraction of sp³-hybridized carbons (Fsp3) is 0. The molecule has 0 aliphatic rings. The summed E-state index contributed by atoms with van der Waals surface area (Å²) in [6, 6.07) is 36.8. The normalized spacial score (nSPS) is 10.4. The molecule has 132 valence electrons. The quantitative estimate of drug-likeness (QED) is 0.390. The number of nitrogens with zero attached hydrogens (tertiary/aromatic N) is 1. The van der Waals surface area contributed by atoms with Gasteiger partial charge in [0.05, 0.1) is 0 Å². The highest BCUT2D eigenvalue weighted by atomic mass is 35.5. The van der Waals surface area contributed by atoms with E-state index in [2.05, 4.69) is 58.7 Å². The maximum Gasteiger partial charge on any atom is 0.0463 e. The van der Waals surface area contributed by atoms with Gasteiger partial charge in [0.25, 0.3) is 0 Å². The second-order valence-corrected chi connectivity index (χ2v) is 6.62. The van der Waals surface area contributed by atoms with Crippen molar-refractivity contribution in [3.05, 3.63) is 114 Å². The highest BCUT2D eigenvalue weighted by Crippen LogP contribution is 2.35. The summed E-state index contributed by atoms with van der Waals surface area (Å²) in [5, 5.41) is 4.15. The van der Waals surface area contributed by atoms with Crippen LogP contribution in [0.4, 0.5) is 28.4 Å². The van der Waals surface area contributed by atoms with E-state index in [0.29, 0.717) is 0 Å². The number of nitrogens with one attached hydrogen (secondary N) is 1. The number of hydrogen-bond acceptors (Lipinski definition) is 2. The van der Waals surface area contributed by atoms with Crippen LogP contribution < -0.4 is 10.2 Å². The van der Waals surface area contributed by atoms with Gasteiger partial charge in [0, 0.05) is 33.5 Å². The van der Waals surface area contributed by atoms with E-state index in [4.69, 9.17) is 11.6 Å². The largest absolute Gasteiger partial charge is 0.356 e. The number of hydrogen-bond donors (Lipinski definition) is 1. The summed E-state index contributed by atoms with van der Waals surface area (Å²) < 4.78 is 0. The van der Waals surface area contributed by atoms with Crippen molar-refractivity contribution in [2.24, 2.45) is 0 Å². The molecule has 27 heavy (non-hydrogen) atoms. The van der Waals surface area contributed by atoms with Crippen LogP contribution in [0.2, 0.25) is 5.02 Å². The lowest BCUT2D eigenvalue weighted by Gasteiger charge is -2.25. The molecule has 0 bridgehead atoms. The zero-order valence-electron chi connectivity index (χ0n) is 14.7. The molecule has 0 unspecified atom stereocenters. The lowest BCUT2D eigenvalue weighted by Crippen LogP contribution is -2.09. The molecule has 0 radical (unpaired) electrons. The van der Waals surface area contributed by atoms with Crippen molar-refractivity contribution in [3.63, 3.8) is 0 Å². The Bertz CT molecular complexity index is 982. The first-order valence-electron chi connectivity index (χ1n) is 8.82. The van der Waals surface area contributed by atoms with Crippen LogP contribution in [0.5, 0.6) is 0 Å². The van der Waals surface area contributed by atoms with Gasteiger partial charge >= 0.3 is 0 Å². The number of benzene rings is 4. The number of anilines is 5. The summed E-state index contributed by atoms with van der Waals surface area (Å²) in [6.45, 7) is 0. The van der Waals surface area contributed by atoms with Crippen molar-refractivity contribution in [2.45, 2.75) is 0 Å². The fourth-order valence-electron chi connectivity index (χ4n) is 3.00. The summed E-state index contributed by atoms with van der Waals surface area (Å²) in [5.74, 6) is 0. The molecule has 2 nitrogen and oxygen atoms in total. The molecule has 0 heterocycles. The van der Waals surface area contributed by atoms with E-state index >= 15 is 0 Å². The Morgan fingerprint density at radius 3 is 1.52 bits per heavy atom. The molecule has 4 rings (SSSR count). The van der Waals surface area contributed by atoms with Crippen LogP contribution in [0.25, 0.3) is 0 Å². The standard InChI is InChI=1S/C24H19ClN2/c25-19-11-15-23(16-12-19)27(22-9-5-2-6-10-22)24-17-13-21(14-18-24)26-20-7-3-1-4-8-20/h1-18,26H. The lowest BCUT2D eigenvalue weighted by molar-refractivity contribution is 1.28. The summed E-state index contributed by atoms with van der Waals surface area (Å²) in [4.78, 5) is 2.21. The van der Waals surface area contributed by atoms with E-state index in [1.807, 2.05) is 60.7 Å². The smallest absolute Gasteiger partial charge is 0.0463 e. The monoisotopic (exact) mass is 370 g/mol. The SMILES string of the molecule is Clc1ccc(N(c2ccccc2)c2ccc(Nc3ccccc3)cc2)cc1. The number of halogens is 1. The van der Waals surface area contributed by atoms with Crippen LogP contribution in [0.3, 0.4) is 0 Å². The van der Waals surface area contributed by atoms with Crippen molar-refractivity contribution >= 4 is 40.0 Å². The van der Waals surface area contributed by atoms with Crippen molar-refractivity contribution < 1.29 is 0 Å². The van der Waals surface area contributed by atoms with Gasteiger partial charge in [0.1, 0.15) is 0 Å². The van der Waals surface area contributed by atoms with Crippen molar-refractivity contribution in [1.29, 1.82) is 0 Å². The highest BCUT2D eigenvalue weighted by molar-refractivity contribution is 6.30. The molecule has 4 aromatic carbocycles. The van der Waals surface area contributed by atoms with E-state index in [0.717, 1.165) is 33.5 Å². The third-order valence-corrected chi connectivity index (χ3v) is 4.54. The Balaban J connectivity index is 1.67. The van der Waals surface area contributed by atoms with Gasteiger partial charge in [-0.15, -0.1) is 0 Å². The summed E-state index contributed by atoms with van der Waals surface area (Å²) in [5.41, 5.74) is 5.37. The maximum absolute atomic E-state index is 6.08. The Kier molecular flexibility index (Phi) is 5.08. The first-order valence-corrected chi connectivity index (χ1v) is 9.20. The van der Waals surface area contributed by atoms with Gasteiger partial charge in [0.15, 0.2) is 0 Å². The summed E-state index contributed by atoms with van der Waals surface area (Å²) >= 11 is 6.08. The van der Waals surface area contributed by atoms with Gasteiger partial charge in [-0.25, -0.2) is 0 Å². The Morgan fingerprint density at radius 1 is 0.481 bits per heavy atom. The first kappa shape index (κ1) is 17.2. The molecule has 0 atom stereocenters. The van der Waals surface area contributed by atoms with Crippen LogP contribution >= 0.6 is 11.6 Å². The van der Waals surface area contributed by atoms with Crippen LogP contribution in [0, 0.1) is 0 Å². The van der Waals surface area contributed by atoms with Gasteiger partial charge in [-0.3, -0.25) is 0 Å². The summed E-state index contributed by atoms with van der Waals surface area (Å²) in [7, 11) is 0. The number of para-hydroxylation sites is 2. The van der Waals surface area contributed by atoms with E-state index in [-0.39, 0.29) is 0 Å². The third kappa shape index (κ3) is 4.13. The molecule has 0 fully saturated rings. The molecule has 0 aromatic heterocycles. The Hall–Kier alpha value is -3.23. The van der Waals surface area contributed by atoms with Gasteiger partial charge in [-0.05, 0) is 72.8 Å². The molecule has 0 saturated heterocycles. The van der Waals surface area contributed by atoms with Crippen LogP contribution in [0.1, 0.15) is 0 Å². The van der Waals surface area contributed by atoms with E-state index < -0.39 is 0 Å². The first-order chi connectivity index (χ1) is 13.3. The topological polar surface area (TPSA) is 15.3 Å². The van der Waals surface area contributed by atoms with Crippen LogP contribution in [0.15, 0.2) is 109 Å². The molecule has 0 aliphatic heterocycles. The van der Waals surface area contributed by atoms with E-state index in [1.165, 1.54) is 0 Å². The molecule has 0 aliphatic carbocycles. The van der Waals surface area contributed by atoms with Gasteiger partial charge < -0.3 is 10.2 Å². The summed E-state index contributed by atoms with van der Waals surface area (Å²) in [6.07, 6.45) is 0. The highest BCUT2D eigenvalue weighted by Gasteiger charge is 2.12. The second kappa shape index (κ2) is 7.98. The Labute approximate surface area is 164 Å². The molecular formula is C24H19ClN2. The van der Waals surface area contributed by atoms with E-state index in [1.54, 1.807) is 0 Å². The molecule has 1 N–H and O–H groups in total. The average Bonchev–Trinajstić information content (AvgIpc) is 2.73. The third-order valence-electron chi connectivity index (χ3n) is 4.29. The van der Waals surface area contributed by atoms with Crippen molar-refractivity contribution in [2.75, 3.05) is 10.2 Å². The minimum atomic E-state index is 0.731. The van der Waals surface area contributed by atoms with Gasteiger partial charge in [-0.1, -0.05) is 48.0 Å². The van der Waals surface area contributed by atoms with Crippen molar-refractivity contribution in [3.8, 4) is 0 Å². The molecule has 0 spiro atoms. The van der Waals surface area contributed by atoms with Crippen molar-refractivity contribution in [1.82, 2.24) is 0 Å². The average molecular weight is 371 g/mol. The molecule has 0 saturated carbocycles. The fourth-order valence-corrected chi connectivity index (χ4v) is 3.12.